The van der Waals surface area contributed by atoms with Crippen molar-refractivity contribution in [1.29, 1.82) is 0 Å². The Morgan fingerprint density at radius 1 is 1.36 bits per heavy atom. The van der Waals surface area contributed by atoms with Crippen molar-refractivity contribution in [1.82, 2.24) is 10.6 Å². The molecule has 0 bridgehead atoms. The van der Waals surface area contributed by atoms with Crippen LogP contribution in [0.4, 0.5) is 4.39 Å². The van der Waals surface area contributed by atoms with Gasteiger partial charge in [0, 0.05) is 18.5 Å². The van der Waals surface area contributed by atoms with E-state index in [1.807, 2.05) is 13.0 Å². The van der Waals surface area contributed by atoms with Crippen LogP contribution in [0.15, 0.2) is 40.7 Å². The molecule has 1 aromatic carbocycles. The molecule has 0 saturated heterocycles. The summed E-state index contributed by atoms with van der Waals surface area (Å²) in [5.41, 5.74) is 1.57. The quantitative estimate of drug-likeness (QED) is 0.652. The predicted molar refractivity (Wildman–Crippen MR) is 92.1 cm³/mol. The highest BCUT2D eigenvalue weighted by Gasteiger charge is 2.09. The molecule has 1 atom stereocenters. The number of hydrogen-bond acceptors (Lipinski definition) is 2. The lowest BCUT2D eigenvalue weighted by atomic mass is 10.1. The fourth-order valence-electron chi connectivity index (χ4n) is 2.12. The van der Waals surface area contributed by atoms with Gasteiger partial charge in [0.05, 0.1) is 6.04 Å². The summed E-state index contributed by atoms with van der Waals surface area (Å²) in [5, 5.41) is 8.65. The van der Waals surface area contributed by atoms with E-state index in [-0.39, 0.29) is 11.9 Å². The second-order valence-electron chi connectivity index (χ2n) is 5.20. The van der Waals surface area contributed by atoms with E-state index < -0.39 is 0 Å². The number of halogens is 1. The smallest absolute Gasteiger partial charge is 0.191 e. The third-order valence-corrected chi connectivity index (χ3v) is 4.45. The minimum Gasteiger partial charge on any atom is -0.356 e. The first-order valence-corrected chi connectivity index (χ1v) is 8.23. The van der Waals surface area contributed by atoms with Gasteiger partial charge in [0.1, 0.15) is 5.82 Å². The van der Waals surface area contributed by atoms with Gasteiger partial charge in [-0.1, -0.05) is 18.2 Å². The van der Waals surface area contributed by atoms with E-state index in [9.17, 15) is 4.39 Å². The normalized spacial score (nSPS) is 13.0. The van der Waals surface area contributed by atoms with E-state index in [0.29, 0.717) is 5.56 Å². The molecule has 1 aromatic heterocycles. The summed E-state index contributed by atoms with van der Waals surface area (Å²) in [6, 6.07) is 9.49. The zero-order chi connectivity index (χ0) is 15.9. The van der Waals surface area contributed by atoms with Gasteiger partial charge in [0.25, 0.3) is 0 Å². The van der Waals surface area contributed by atoms with E-state index in [1.54, 1.807) is 37.4 Å². The highest BCUT2D eigenvalue weighted by Crippen LogP contribution is 2.16. The zero-order valence-corrected chi connectivity index (χ0v) is 14.0. The van der Waals surface area contributed by atoms with Crippen LogP contribution < -0.4 is 10.6 Å². The number of aryl methyl sites for hydroxylation is 1. The summed E-state index contributed by atoms with van der Waals surface area (Å²) in [7, 11) is 1.74. The molecule has 2 N–H and O–H groups in total. The van der Waals surface area contributed by atoms with Crippen LogP contribution >= 0.6 is 11.3 Å². The summed E-state index contributed by atoms with van der Waals surface area (Å²) in [6.07, 6.45) is 0.964. The number of guanidine groups is 1. The van der Waals surface area contributed by atoms with E-state index in [1.165, 1.54) is 4.88 Å². The molecule has 0 radical (unpaired) electrons. The van der Waals surface area contributed by atoms with Gasteiger partial charge in [0.2, 0.25) is 0 Å². The van der Waals surface area contributed by atoms with Gasteiger partial charge in [-0.15, -0.1) is 11.3 Å². The predicted octanol–water partition coefficient (Wildman–Crippen LogP) is 3.66. The molecular formula is C17H22FN3S. The lowest BCUT2D eigenvalue weighted by molar-refractivity contribution is 0.607. The minimum atomic E-state index is -0.174. The third-order valence-electron chi connectivity index (χ3n) is 3.52. The third kappa shape index (κ3) is 4.56. The van der Waals surface area contributed by atoms with Gasteiger partial charge in [-0.25, -0.2) is 4.39 Å². The first-order valence-electron chi connectivity index (χ1n) is 7.35. The Hall–Kier alpha value is -1.88. The van der Waals surface area contributed by atoms with Gasteiger partial charge in [-0.2, -0.15) is 0 Å². The van der Waals surface area contributed by atoms with Crippen LogP contribution in [-0.2, 0) is 6.42 Å². The van der Waals surface area contributed by atoms with Crippen molar-refractivity contribution in [3.05, 3.63) is 57.5 Å². The van der Waals surface area contributed by atoms with Crippen LogP contribution in [0.3, 0.4) is 0 Å². The SMILES string of the molecule is CN=C(NCCc1cccs1)NC(C)c1ccc(C)c(F)c1. The number of hydrogen-bond donors (Lipinski definition) is 2. The molecule has 3 nitrogen and oxygen atoms in total. The van der Waals surface area contributed by atoms with E-state index in [4.69, 9.17) is 0 Å². The Balaban J connectivity index is 1.87. The maximum absolute atomic E-state index is 13.6. The Labute approximate surface area is 135 Å². The van der Waals surface area contributed by atoms with Crippen LogP contribution in [0.25, 0.3) is 0 Å². The Kier molecular flexibility index (Phi) is 5.95. The molecule has 1 heterocycles. The van der Waals surface area contributed by atoms with Gasteiger partial charge >= 0.3 is 0 Å². The first-order chi connectivity index (χ1) is 10.6. The maximum atomic E-state index is 13.6. The van der Waals surface area contributed by atoms with Crippen LogP contribution in [-0.4, -0.2) is 19.6 Å². The van der Waals surface area contributed by atoms with Crippen molar-refractivity contribution in [3.8, 4) is 0 Å². The summed E-state index contributed by atoms with van der Waals surface area (Å²) in [5.74, 6) is 0.553. The minimum absolute atomic E-state index is 0.0111. The molecule has 0 amide bonds. The highest BCUT2D eigenvalue weighted by molar-refractivity contribution is 7.09. The molecule has 0 aliphatic rings. The number of nitrogens with one attached hydrogen (secondary N) is 2. The molecule has 0 fully saturated rings. The number of nitrogens with zero attached hydrogens (tertiary/aromatic N) is 1. The highest BCUT2D eigenvalue weighted by atomic mass is 32.1. The van der Waals surface area contributed by atoms with Crippen LogP contribution in [0.1, 0.15) is 29.0 Å². The standard InChI is InChI=1S/C17H22FN3S/c1-12-6-7-14(11-16(12)18)13(2)21-17(19-3)20-9-8-15-5-4-10-22-15/h4-7,10-11,13H,8-9H2,1-3H3,(H2,19,20,21). The summed E-state index contributed by atoms with van der Waals surface area (Å²) in [4.78, 5) is 5.56. The summed E-state index contributed by atoms with van der Waals surface area (Å²) in [6.45, 7) is 4.58. The van der Waals surface area contributed by atoms with Crippen LogP contribution in [0.2, 0.25) is 0 Å². The van der Waals surface area contributed by atoms with Crippen LogP contribution in [0.5, 0.6) is 0 Å². The van der Waals surface area contributed by atoms with Crippen molar-refractivity contribution < 1.29 is 4.39 Å². The van der Waals surface area contributed by atoms with Gasteiger partial charge < -0.3 is 10.6 Å². The lowest BCUT2D eigenvalue weighted by Crippen LogP contribution is -2.39. The van der Waals surface area contributed by atoms with Crippen molar-refractivity contribution in [2.45, 2.75) is 26.3 Å². The van der Waals surface area contributed by atoms with E-state index in [2.05, 4.69) is 33.1 Å². The largest absolute Gasteiger partial charge is 0.356 e. The Bertz CT molecular complexity index is 623. The molecule has 0 spiro atoms. The average molecular weight is 319 g/mol. The number of rotatable bonds is 5. The van der Waals surface area contributed by atoms with Crippen molar-refractivity contribution in [3.63, 3.8) is 0 Å². The fourth-order valence-corrected chi connectivity index (χ4v) is 2.83. The molecule has 0 aliphatic carbocycles. The van der Waals surface area contributed by atoms with Crippen LogP contribution in [0, 0.1) is 12.7 Å². The second-order valence-corrected chi connectivity index (χ2v) is 6.24. The summed E-state index contributed by atoms with van der Waals surface area (Å²) >= 11 is 1.75. The molecule has 5 heteroatoms. The molecule has 2 rings (SSSR count). The summed E-state index contributed by atoms with van der Waals surface area (Å²) < 4.78 is 13.6. The molecule has 22 heavy (non-hydrogen) atoms. The molecule has 0 saturated carbocycles. The van der Waals surface area contributed by atoms with Gasteiger partial charge in [0.15, 0.2) is 5.96 Å². The number of aliphatic imine (C=N–C) groups is 1. The van der Waals surface area contributed by atoms with E-state index >= 15 is 0 Å². The molecule has 1 unspecified atom stereocenters. The monoisotopic (exact) mass is 319 g/mol. The lowest BCUT2D eigenvalue weighted by Gasteiger charge is -2.18. The molecular weight excluding hydrogens is 297 g/mol. The number of benzene rings is 1. The zero-order valence-electron chi connectivity index (χ0n) is 13.2. The molecule has 0 aliphatic heterocycles. The van der Waals surface area contributed by atoms with Crippen molar-refractivity contribution in [2.24, 2.45) is 4.99 Å². The first kappa shape index (κ1) is 16.5. The van der Waals surface area contributed by atoms with Gasteiger partial charge in [-0.05, 0) is 48.9 Å². The van der Waals surface area contributed by atoms with Crippen molar-refractivity contribution in [2.75, 3.05) is 13.6 Å². The Morgan fingerprint density at radius 3 is 2.82 bits per heavy atom. The average Bonchev–Trinajstić information content (AvgIpc) is 3.02. The van der Waals surface area contributed by atoms with Gasteiger partial charge in [-0.3, -0.25) is 4.99 Å². The fraction of sp³-hybridized carbons (Fsp3) is 0.353. The molecule has 118 valence electrons. The number of thiophene rings is 1. The topological polar surface area (TPSA) is 36.4 Å². The van der Waals surface area contributed by atoms with E-state index in [0.717, 1.165) is 24.5 Å². The van der Waals surface area contributed by atoms with Crippen molar-refractivity contribution >= 4 is 17.3 Å². The maximum Gasteiger partial charge on any atom is 0.191 e. The second kappa shape index (κ2) is 7.94. The molecule has 2 aromatic rings. The Morgan fingerprint density at radius 2 is 2.18 bits per heavy atom.